The molecule has 3 nitrogen and oxygen atoms in total. The van der Waals surface area contributed by atoms with Gasteiger partial charge in [-0.25, -0.2) is 0 Å². The van der Waals surface area contributed by atoms with Crippen molar-refractivity contribution in [3.05, 3.63) is 46.7 Å². The van der Waals surface area contributed by atoms with Crippen LogP contribution in [0.15, 0.2) is 35.6 Å². The molecule has 19 heavy (non-hydrogen) atoms. The minimum Gasteiger partial charge on any atom is -0.489 e. The quantitative estimate of drug-likeness (QED) is 0.759. The van der Waals surface area contributed by atoms with Crippen molar-refractivity contribution in [3.8, 4) is 0 Å². The van der Waals surface area contributed by atoms with E-state index in [1.54, 1.807) is 31.2 Å². The smallest absolute Gasteiger partial charge is 0.228 e. The highest BCUT2D eigenvalue weighted by Crippen LogP contribution is 2.26. The lowest BCUT2D eigenvalue weighted by atomic mass is 9.89. The second-order valence-corrected chi connectivity index (χ2v) is 4.71. The molecule has 0 amide bonds. The van der Waals surface area contributed by atoms with E-state index in [0.717, 1.165) is 19.3 Å². The van der Waals surface area contributed by atoms with Gasteiger partial charge in [-0.2, -0.15) is 0 Å². The van der Waals surface area contributed by atoms with E-state index in [1.807, 2.05) is 0 Å². The number of benzene rings is 1. The van der Waals surface area contributed by atoms with Crippen molar-refractivity contribution in [1.82, 2.24) is 0 Å². The van der Waals surface area contributed by atoms with Gasteiger partial charge in [-0.15, -0.1) is 0 Å². The maximum atomic E-state index is 12.3. The Morgan fingerprint density at radius 1 is 1.00 bits per heavy atom. The summed E-state index contributed by atoms with van der Waals surface area (Å²) >= 11 is 0. The fourth-order valence-corrected chi connectivity index (χ4v) is 2.18. The molecule has 0 fully saturated rings. The predicted molar refractivity (Wildman–Crippen MR) is 73.3 cm³/mol. The molecule has 1 aliphatic rings. The predicted octanol–water partition coefficient (Wildman–Crippen LogP) is 3.55. The fourth-order valence-electron chi connectivity index (χ4n) is 2.18. The van der Waals surface area contributed by atoms with Gasteiger partial charge in [0.1, 0.15) is 0 Å². The van der Waals surface area contributed by atoms with Crippen LogP contribution in [0.1, 0.15) is 53.8 Å². The standard InChI is InChI=1S/C16H18O3/c1-3-4-7-10-19-16-11(2)14(17)12-8-5-6-9-13(12)15(16)18/h5-6,8-9H,3-4,7,10H2,1-2H3. The van der Waals surface area contributed by atoms with Crippen molar-refractivity contribution >= 4 is 11.6 Å². The first-order chi connectivity index (χ1) is 9.16. The molecule has 0 aromatic heterocycles. The molecule has 1 aromatic carbocycles. The fraction of sp³-hybridized carbons (Fsp3) is 0.375. The summed E-state index contributed by atoms with van der Waals surface area (Å²) in [6.45, 7) is 4.25. The van der Waals surface area contributed by atoms with Gasteiger partial charge in [0, 0.05) is 16.7 Å². The van der Waals surface area contributed by atoms with Gasteiger partial charge in [-0.1, -0.05) is 44.0 Å². The first-order valence-electron chi connectivity index (χ1n) is 6.69. The van der Waals surface area contributed by atoms with Crippen molar-refractivity contribution in [2.75, 3.05) is 6.61 Å². The Balaban J connectivity index is 2.22. The average Bonchev–Trinajstić information content (AvgIpc) is 2.44. The van der Waals surface area contributed by atoms with E-state index in [1.165, 1.54) is 0 Å². The van der Waals surface area contributed by atoms with E-state index in [9.17, 15) is 9.59 Å². The van der Waals surface area contributed by atoms with Crippen LogP contribution in [0.2, 0.25) is 0 Å². The molecular weight excluding hydrogens is 240 g/mol. The van der Waals surface area contributed by atoms with E-state index in [2.05, 4.69) is 6.92 Å². The van der Waals surface area contributed by atoms with Crippen molar-refractivity contribution in [2.45, 2.75) is 33.1 Å². The Bertz CT molecular complexity index is 541. The Morgan fingerprint density at radius 3 is 2.26 bits per heavy atom. The highest BCUT2D eigenvalue weighted by Gasteiger charge is 2.30. The Hall–Kier alpha value is -1.90. The van der Waals surface area contributed by atoms with Gasteiger partial charge in [-0.05, 0) is 13.3 Å². The zero-order chi connectivity index (χ0) is 13.8. The third-order valence-corrected chi connectivity index (χ3v) is 3.30. The zero-order valence-electron chi connectivity index (χ0n) is 11.4. The number of ether oxygens (including phenoxy) is 1. The number of hydrogen-bond donors (Lipinski definition) is 0. The molecule has 1 aromatic rings. The normalized spacial score (nSPS) is 14.6. The maximum absolute atomic E-state index is 12.3. The van der Waals surface area contributed by atoms with Gasteiger partial charge in [0.2, 0.25) is 5.78 Å². The molecule has 0 heterocycles. The van der Waals surface area contributed by atoms with Gasteiger partial charge < -0.3 is 4.74 Å². The van der Waals surface area contributed by atoms with E-state index in [0.29, 0.717) is 23.3 Å². The molecule has 3 heteroatoms. The minimum atomic E-state index is -0.177. The number of Topliss-reactive ketones (excluding diaryl/α,β-unsaturated/α-hetero) is 2. The van der Waals surface area contributed by atoms with E-state index in [4.69, 9.17) is 4.74 Å². The monoisotopic (exact) mass is 258 g/mol. The van der Waals surface area contributed by atoms with E-state index in [-0.39, 0.29) is 17.3 Å². The number of hydrogen-bond acceptors (Lipinski definition) is 3. The van der Waals surface area contributed by atoms with Crippen LogP contribution in [-0.4, -0.2) is 18.2 Å². The first-order valence-corrected chi connectivity index (χ1v) is 6.69. The van der Waals surface area contributed by atoms with Crippen molar-refractivity contribution in [3.63, 3.8) is 0 Å². The number of carbonyl (C=O) groups excluding carboxylic acids is 2. The summed E-state index contributed by atoms with van der Waals surface area (Å²) in [6, 6.07) is 6.90. The average molecular weight is 258 g/mol. The molecule has 0 aliphatic heterocycles. The van der Waals surface area contributed by atoms with Gasteiger partial charge >= 0.3 is 0 Å². The molecule has 0 saturated carbocycles. The Morgan fingerprint density at radius 2 is 1.63 bits per heavy atom. The van der Waals surface area contributed by atoms with E-state index < -0.39 is 0 Å². The third kappa shape index (κ3) is 2.60. The molecule has 1 aliphatic carbocycles. The lowest BCUT2D eigenvalue weighted by Gasteiger charge is -2.19. The van der Waals surface area contributed by atoms with Crippen molar-refractivity contribution < 1.29 is 14.3 Å². The summed E-state index contributed by atoms with van der Waals surface area (Å²) in [6.07, 6.45) is 3.05. The third-order valence-electron chi connectivity index (χ3n) is 3.30. The summed E-state index contributed by atoms with van der Waals surface area (Å²) < 4.78 is 5.55. The molecule has 0 atom stereocenters. The van der Waals surface area contributed by atoms with E-state index >= 15 is 0 Å². The molecule has 0 radical (unpaired) electrons. The highest BCUT2D eigenvalue weighted by molar-refractivity contribution is 6.25. The van der Waals surface area contributed by atoms with Gasteiger partial charge in [-0.3, -0.25) is 9.59 Å². The second kappa shape index (κ2) is 5.83. The van der Waals surface area contributed by atoms with Crippen LogP contribution in [-0.2, 0) is 4.74 Å². The maximum Gasteiger partial charge on any atom is 0.228 e. The van der Waals surface area contributed by atoms with Crippen LogP contribution < -0.4 is 0 Å². The Labute approximate surface area is 113 Å². The van der Waals surface area contributed by atoms with Crippen LogP contribution in [0.3, 0.4) is 0 Å². The number of ketones is 2. The summed E-state index contributed by atoms with van der Waals surface area (Å²) in [7, 11) is 0. The lowest BCUT2D eigenvalue weighted by molar-refractivity contribution is 0.0868. The van der Waals surface area contributed by atoms with Crippen molar-refractivity contribution in [2.24, 2.45) is 0 Å². The lowest BCUT2D eigenvalue weighted by Crippen LogP contribution is -2.22. The van der Waals surface area contributed by atoms with Crippen LogP contribution in [0.5, 0.6) is 0 Å². The van der Waals surface area contributed by atoms with Crippen LogP contribution in [0.4, 0.5) is 0 Å². The number of allylic oxidation sites excluding steroid dienone is 2. The second-order valence-electron chi connectivity index (χ2n) is 4.71. The molecule has 0 bridgehead atoms. The van der Waals surface area contributed by atoms with Crippen LogP contribution in [0.25, 0.3) is 0 Å². The molecular formula is C16H18O3. The first kappa shape index (κ1) is 13.5. The number of unbranched alkanes of at least 4 members (excludes halogenated alkanes) is 2. The van der Waals surface area contributed by atoms with Gasteiger partial charge in [0.25, 0.3) is 0 Å². The summed E-state index contributed by atoms with van der Waals surface area (Å²) in [5, 5.41) is 0. The van der Waals surface area contributed by atoms with Crippen LogP contribution in [0, 0.1) is 0 Å². The summed E-state index contributed by atoms with van der Waals surface area (Å²) in [4.78, 5) is 24.5. The molecule has 100 valence electrons. The highest BCUT2D eigenvalue weighted by atomic mass is 16.5. The molecule has 0 unspecified atom stereocenters. The largest absolute Gasteiger partial charge is 0.489 e. The topological polar surface area (TPSA) is 43.4 Å². The Kier molecular flexibility index (Phi) is 4.15. The van der Waals surface area contributed by atoms with Crippen LogP contribution >= 0.6 is 0 Å². The summed E-state index contributed by atoms with van der Waals surface area (Å²) in [5.41, 5.74) is 1.34. The van der Waals surface area contributed by atoms with Gasteiger partial charge in [0.05, 0.1) is 6.61 Å². The molecule has 0 N–H and O–H groups in total. The summed E-state index contributed by atoms with van der Waals surface area (Å²) in [5.74, 6) is -0.0651. The SMILES string of the molecule is CCCCCOC1=C(C)C(=O)c2ccccc2C1=O. The number of rotatable bonds is 5. The molecule has 2 rings (SSSR count). The number of carbonyl (C=O) groups is 2. The molecule has 0 saturated heterocycles. The van der Waals surface area contributed by atoms with Crippen molar-refractivity contribution in [1.29, 1.82) is 0 Å². The number of fused-ring (bicyclic) bond motifs is 1. The zero-order valence-corrected chi connectivity index (χ0v) is 11.4. The minimum absolute atomic E-state index is 0.110. The van der Waals surface area contributed by atoms with Gasteiger partial charge in [0.15, 0.2) is 11.5 Å². The molecule has 0 spiro atoms.